The fourth-order valence-electron chi connectivity index (χ4n) is 2.30. The van der Waals surface area contributed by atoms with Gasteiger partial charge in [-0.2, -0.15) is 0 Å². The van der Waals surface area contributed by atoms with Crippen molar-refractivity contribution in [2.45, 2.75) is 24.4 Å². The summed E-state index contributed by atoms with van der Waals surface area (Å²) >= 11 is 19.7. The first-order valence-corrected chi connectivity index (χ1v) is 10.1. The minimum absolute atomic E-state index is 0.126. The van der Waals surface area contributed by atoms with E-state index < -0.39 is 0 Å². The van der Waals surface area contributed by atoms with Gasteiger partial charge in [0.05, 0.1) is 27.8 Å². The summed E-state index contributed by atoms with van der Waals surface area (Å²) < 4.78 is 0. The maximum absolute atomic E-state index is 12.5. The van der Waals surface area contributed by atoms with Crippen molar-refractivity contribution in [2.75, 3.05) is 18.6 Å². The quantitative estimate of drug-likeness (QED) is 0.538. The van der Waals surface area contributed by atoms with E-state index in [1.165, 1.54) is 16.5 Å². The predicted molar refractivity (Wildman–Crippen MR) is 108 cm³/mol. The number of rotatable bonds is 6. The van der Waals surface area contributed by atoms with Gasteiger partial charge in [0.2, 0.25) is 0 Å². The van der Waals surface area contributed by atoms with E-state index in [2.05, 4.69) is 29.6 Å². The molecule has 0 spiro atoms. The molecule has 2 aromatic carbocycles. The van der Waals surface area contributed by atoms with Gasteiger partial charge in [0.1, 0.15) is 6.54 Å². The molecular formula is C18H20Cl3N2OS+. The highest BCUT2D eigenvalue weighted by atomic mass is 35.5. The fraction of sp³-hybridized carbons (Fsp3) is 0.278. The zero-order chi connectivity index (χ0) is 18.6. The third kappa shape index (κ3) is 5.53. The van der Waals surface area contributed by atoms with Gasteiger partial charge in [-0.25, -0.2) is 0 Å². The van der Waals surface area contributed by atoms with Crippen molar-refractivity contribution < 1.29 is 9.69 Å². The molecule has 0 aliphatic carbocycles. The van der Waals surface area contributed by atoms with Crippen LogP contribution in [0.1, 0.15) is 12.5 Å². The van der Waals surface area contributed by atoms with E-state index in [0.29, 0.717) is 20.8 Å². The first kappa shape index (κ1) is 20.4. The molecule has 0 fully saturated rings. The lowest BCUT2D eigenvalue weighted by molar-refractivity contribution is -0.907. The first-order valence-electron chi connectivity index (χ1n) is 7.72. The first-order chi connectivity index (χ1) is 11.8. The van der Waals surface area contributed by atoms with Crippen LogP contribution < -0.4 is 10.2 Å². The maximum atomic E-state index is 12.5. The summed E-state index contributed by atoms with van der Waals surface area (Å²) in [4.78, 5) is 14.8. The molecule has 0 heterocycles. The Kier molecular flexibility index (Phi) is 7.47. The van der Waals surface area contributed by atoms with Gasteiger partial charge in [-0.1, -0.05) is 46.9 Å². The Morgan fingerprint density at radius 3 is 2.32 bits per heavy atom. The van der Waals surface area contributed by atoms with E-state index in [-0.39, 0.29) is 11.9 Å². The molecule has 1 unspecified atom stereocenters. The lowest BCUT2D eigenvalue weighted by Gasteiger charge is -2.21. The van der Waals surface area contributed by atoms with Crippen molar-refractivity contribution in [2.24, 2.45) is 0 Å². The van der Waals surface area contributed by atoms with E-state index >= 15 is 0 Å². The number of likely N-dealkylation sites (N-methyl/N-ethyl adjacent to an activating group) is 1. The van der Waals surface area contributed by atoms with E-state index in [1.807, 2.05) is 20.2 Å². The number of thioether (sulfide) groups is 1. The Morgan fingerprint density at radius 1 is 1.12 bits per heavy atom. The monoisotopic (exact) mass is 417 g/mol. The average Bonchev–Trinajstić information content (AvgIpc) is 2.59. The number of carbonyl (C=O) groups is 1. The Labute approximate surface area is 167 Å². The van der Waals surface area contributed by atoms with Crippen LogP contribution in [0.25, 0.3) is 0 Å². The number of hydrogen-bond acceptors (Lipinski definition) is 2. The maximum Gasteiger partial charge on any atom is 0.282 e. The molecular weight excluding hydrogens is 399 g/mol. The lowest BCUT2D eigenvalue weighted by atomic mass is 10.2. The summed E-state index contributed by atoms with van der Waals surface area (Å²) in [5.74, 6) is -0.126. The normalized spacial score (nSPS) is 13.4. The molecule has 2 N–H and O–H groups in total. The van der Waals surface area contributed by atoms with Crippen molar-refractivity contribution in [3.8, 4) is 0 Å². The Balaban J connectivity index is 2.02. The van der Waals surface area contributed by atoms with Crippen LogP contribution >= 0.6 is 46.6 Å². The summed E-state index contributed by atoms with van der Waals surface area (Å²) in [6.45, 7) is 2.63. The predicted octanol–water partition coefficient (Wildman–Crippen LogP) is 4.41. The molecule has 2 aromatic rings. The summed E-state index contributed by atoms with van der Waals surface area (Å²) in [5, 5.41) is 3.89. The van der Waals surface area contributed by atoms with Gasteiger partial charge in [0, 0.05) is 10.5 Å². The van der Waals surface area contributed by atoms with Crippen molar-refractivity contribution >= 4 is 58.2 Å². The molecule has 2 rings (SSSR count). The third-order valence-corrected chi connectivity index (χ3v) is 5.82. The van der Waals surface area contributed by atoms with Gasteiger partial charge in [-0.15, -0.1) is 11.8 Å². The van der Waals surface area contributed by atoms with Gasteiger partial charge in [0.15, 0.2) is 6.04 Å². The second-order valence-electron chi connectivity index (χ2n) is 5.83. The van der Waals surface area contributed by atoms with Gasteiger partial charge in [-0.3, -0.25) is 4.79 Å². The summed E-state index contributed by atoms with van der Waals surface area (Å²) in [6.07, 6.45) is 2.05. The molecule has 0 saturated carbocycles. The summed E-state index contributed by atoms with van der Waals surface area (Å²) in [7, 11) is 1.99. The highest BCUT2D eigenvalue weighted by Crippen LogP contribution is 2.32. The summed E-state index contributed by atoms with van der Waals surface area (Å²) in [5.41, 5.74) is 1.65. The standard InChI is InChI=1S/C18H19Cl3N2OS/c1-11(23(2)10-12-4-6-13(25-3)7-5-12)18(24)22-17-9-15(20)14(19)8-16(17)21/h4-9,11H,10H2,1-3H3,(H,22,24)/p+1/t11-/m0/s1. The zero-order valence-corrected chi connectivity index (χ0v) is 17.3. The molecule has 134 valence electrons. The van der Waals surface area contributed by atoms with Crippen molar-refractivity contribution in [3.63, 3.8) is 0 Å². The van der Waals surface area contributed by atoms with Gasteiger partial charge >= 0.3 is 0 Å². The molecule has 0 aliphatic heterocycles. The number of hydrogen-bond donors (Lipinski definition) is 2. The van der Waals surface area contributed by atoms with E-state index in [0.717, 1.165) is 11.4 Å². The Hall–Kier alpha value is -0.910. The number of benzene rings is 2. The van der Waals surface area contributed by atoms with Crippen molar-refractivity contribution in [3.05, 3.63) is 57.0 Å². The number of halogens is 3. The number of amides is 1. The largest absolute Gasteiger partial charge is 0.324 e. The molecule has 0 saturated heterocycles. The van der Waals surface area contributed by atoms with Crippen molar-refractivity contribution in [1.29, 1.82) is 0 Å². The lowest BCUT2D eigenvalue weighted by Crippen LogP contribution is -3.12. The van der Waals surface area contributed by atoms with Crippen LogP contribution in [0, 0.1) is 0 Å². The highest BCUT2D eigenvalue weighted by molar-refractivity contribution is 7.98. The summed E-state index contributed by atoms with van der Waals surface area (Å²) in [6, 6.07) is 11.2. The van der Waals surface area contributed by atoms with Crippen LogP contribution in [-0.4, -0.2) is 25.3 Å². The van der Waals surface area contributed by atoms with Gasteiger partial charge in [-0.05, 0) is 37.4 Å². The van der Waals surface area contributed by atoms with Gasteiger partial charge < -0.3 is 10.2 Å². The number of quaternary nitrogens is 1. The molecule has 0 aliphatic rings. The molecule has 0 bridgehead atoms. The molecule has 0 aromatic heterocycles. The second kappa shape index (κ2) is 9.15. The minimum Gasteiger partial charge on any atom is -0.324 e. The SMILES string of the molecule is CSc1ccc(C[NH+](C)[C@@H](C)C(=O)Nc2cc(Cl)c(Cl)cc2Cl)cc1. The molecule has 7 heteroatoms. The van der Waals surface area contributed by atoms with Crippen LogP contribution in [0.4, 0.5) is 5.69 Å². The van der Waals surface area contributed by atoms with E-state index in [1.54, 1.807) is 17.8 Å². The van der Waals surface area contributed by atoms with E-state index in [4.69, 9.17) is 34.8 Å². The topological polar surface area (TPSA) is 33.5 Å². The van der Waals surface area contributed by atoms with Crippen LogP contribution in [-0.2, 0) is 11.3 Å². The van der Waals surface area contributed by atoms with Crippen LogP contribution in [0.3, 0.4) is 0 Å². The third-order valence-electron chi connectivity index (χ3n) is 4.04. The second-order valence-corrected chi connectivity index (χ2v) is 7.93. The zero-order valence-electron chi connectivity index (χ0n) is 14.2. The van der Waals surface area contributed by atoms with Crippen LogP contribution in [0.2, 0.25) is 15.1 Å². The Morgan fingerprint density at radius 2 is 1.72 bits per heavy atom. The molecule has 3 nitrogen and oxygen atoms in total. The molecule has 2 atom stereocenters. The van der Waals surface area contributed by atoms with Crippen molar-refractivity contribution in [1.82, 2.24) is 0 Å². The van der Waals surface area contributed by atoms with E-state index in [9.17, 15) is 4.79 Å². The molecule has 0 radical (unpaired) electrons. The fourth-order valence-corrected chi connectivity index (χ4v) is 3.30. The molecule has 25 heavy (non-hydrogen) atoms. The van der Waals surface area contributed by atoms with Gasteiger partial charge in [0.25, 0.3) is 5.91 Å². The van der Waals surface area contributed by atoms with Crippen LogP contribution in [0.15, 0.2) is 41.3 Å². The minimum atomic E-state index is -0.259. The smallest absolute Gasteiger partial charge is 0.282 e. The van der Waals surface area contributed by atoms with Crippen LogP contribution in [0.5, 0.6) is 0 Å². The molecule has 1 amide bonds. The number of nitrogens with one attached hydrogen (secondary N) is 2. The Bertz CT molecular complexity index is 753. The number of anilines is 1. The average molecular weight is 419 g/mol. The highest BCUT2D eigenvalue weighted by Gasteiger charge is 2.23. The number of carbonyl (C=O) groups excluding carboxylic acids is 1.